The number of hydrogen-bond acceptors (Lipinski definition) is 7. The highest BCUT2D eigenvalue weighted by atomic mass is 32.2. The van der Waals surface area contributed by atoms with Crippen LogP contribution in [-0.4, -0.2) is 56.5 Å². The fraction of sp³-hybridized carbons (Fsp3) is 0.194. The van der Waals surface area contributed by atoms with Gasteiger partial charge in [-0.1, -0.05) is 13.0 Å². The van der Waals surface area contributed by atoms with E-state index in [0.717, 1.165) is 39.5 Å². The molecule has 1 aromatic carbocycles. The van der Waals surface area contributed by atoms with E-state index < -0.39 is 15.7 Å². The second-order valence-electron chi connectivity index (χ2n) is 10.5. The molecule has 5 aromatic heterocycles. The molecule has 218 valence electrons. The Kier molecular flexibility index (Phi) is 7.45. The molecule has 1 amide bonds. The zero-order valence-electron chi connectivity index (χ0n) is 23.5. The number of aromatic nitrogens is 6. The number of nitrogens with one attached hydrogen (secondary N) is 3. The first-order valence-electron chi connectivity index (χ1n) is 13.7. The third-order valence-electron chi connectivity index (χ3n) is 7.09. The van der Waals surface area contributed by atoms with Gasteiger partial charge in [0.1, 0.15) is 15.7 Å². The average Bonchev–Trinajstić information content (AvgIpc) is 3.59. The molecule has 0 aliphatic heterocycles. The minimum Gasteiger partial charge on any atom is -0.352 e. The van der Waals surface area contributed by atoms with Crippen LogP contribution in [0, 0.1) is 5.82 Å². The highest BCUT2D eigenvalue weighted by Crippen LogP contribution is 2.35. The molecular formula is C31H28FN7O3S. The maximum absolute atomic E-state index is 14.6. The second-order valence-corrected chi connectivity index (χ2v) is 12.8. The van der Waals surface area contributed by atoms with Gasteiger partial charge in [-0.05, 0) is 54.3 Å². The summed E-state index contributed by atoms with van der Waals surface area (Å²) in [5, 5.41) is 11.9. The Labute approximate surface area is 246 Å². The number of benzene rings is 1. The van der Waals surface area contributed by atoms with Crippen LogP contribution in [0.2, 0.25) is 0 Å². The fourth-order valence-corrected chi connectivity index (χ4v) is 5.66. The van der Waals surface area contributed by atoms with Crippen molar-refractivity contribution >= 4 is 43.4 Å². The number of pyridine rings is 3. The number of aryl methyl sites for hydroxylation is 1. The van der Waals surface area contributed by atoms with E-state index in [-0.39, 0.29) is 18.1 Å². The number of carbonyl (C=O) groups is 1. The molecule has 0 bridgehead atoms. The van der Waals surface area contributed by atoms with Crippen molar-refractivity contribution in [3.8, 4) is 33.6 Å². The predicted molar refractivity (Wildman–Crippen MR) is 165 cm³/mol. The van der Waals surface area contributed by atoms with Crippen LogP contribution in [0.4, 0.5) is 10.1 Å². The van der Waals surface area contributed by atoms with Crippen LogP contribution in [0.1, 0.15) is 25.3 Å². The van der Waals surface area contributed by atoms with Crippen molar-refractivity contribution in [1.82, 2.24) is 30.1 Å². The van der Waals surface area contributed by atoms with Crippen molar-refractivity contribution in [3.05, 3.63) is 78.8 Å². The van der Waals surface area contributed by atoms with Gasteiger partial charge >= 0.3 is 0 Å². The standard InChI is InChI=1S/C31H28FN7O3S/c1-3-4-29(40)36-23-10-20(13-33-15-23)21-11-25-30(38-39-31(25)35-14-21)27-12-24-26(16-34-17-28(24)37-27)19-7-18(8-22(32)9-19)5-6-43(2,41)42/h7-17,37H,3-6H2,1-2H3,(H,36,40)(H,35,38,39). The summed E-state index contributed by atoms with van der Waals surface area (Å²) in [6, 6.07) is 10.3. The van der Waals surface area contributed by atoms with Crippen LogP contribution >= 0.6 is 0 Å². The van der Waals surface area contributed by atoms with Crippen LogP contribution in [-0.2, 0) is 21.1 Å². The SMILES string of the molecule is CCCC(=O)Nc1cncc(-c2cnc3n[nH]c(-c4cc5c(-c6cc(F)cc(CCS(C)(=O)=O)c6)cncc5[nH]4)c3c2)c1. The molecule has 0 spiro atoms. The summed E-state index contributed by atoms with van der Waals surface area (Å²) in [5.74, 6) is -0.581. The topological polar surface area (TPSA) is 146 Å². The highest BCUT2D eigenvalue weighted by Gasteiger charge is 2.16. The van der Waals surface area contributed by atoms with E-state index in [1.165, 1.54) is 18.4 Å². The zero-order chi connectivity index (χ0) is 30.1. The van der Waals surface area contributed by atoms with Crippen molar-refractivity contribution in [1.29, 1.82) is 0 Å². The lowest BCUT2D eigenvalue weighted by Gasteiger charge is -2.07. The number of hydrogen-bond donors (Lipinski definition) is 3. The number of sulfone groups is 1. The molecule has 5 heterocycles. The Balaban J connectivity index is 1.37. The molecule has 0 unspecified atom stereocenters. The van der Waals surface area contributed by atoms with Crippen LogP contribution in [0.15, 0.2) is 67.4 Å². The first kappa shape index (κ1) is 28.2. The summed E-state index contributed by atoms with van der Waals surface area (Å²) in [4.78, 5) is 28.6. The van der Waals surface area contributed by atoms with Gasteiger partial charge in [-0.15, -0.1) is 0 Å². The Morgan fingerprint density at radius 2 is 1.74 bits per heavy atom. The lowest BCUT2D eigenvalue weighted by Crippen LogP contribution is -2.10. The molecule has 0 saturated carbocycles. The smallest absolute Gasteiger partial charge is 0.224 e. The van der Waals surface area contributed by atoms with Gasteiger partial charge in [0, 0.05) is 58.7 Å². The number of rotatable bonds is 9. The average molecular weight is 598 g/mol. The summed E-state index contributed by atoms with van der Waals surface area (Å²) in [6.45, 7) is 1.95. The number of nitrogens with zero attached hydrogens (tertiary/aromatic N) is 4. The monoisotopic (exact) mass is 597 g/mol. The van der Waals surface area contributed by atoms with E-state index in [4.69, 9.17) is 0 Å². The number of H-pyrrole nitrogens is 2. The number of fused-ring (bicyclic) bond motifs is 2. The number of amides is 1. The Morgan fingerprint density at radius 1 is 0.930 bits per heavy atom. The van der Waals surface area contributed by atoms with E-state index in [9.17, 15) is 17.6 Å². The second kappa shape index (κ2) is 11.4. The van der Waals surface area contributed by atoms with Crippen molar-refractivity contribution in [2.75, 3.05) is 17.3 Å². The summed E-state index contributed by atoms with van der Waals surface area (Å²) in [7, 11) is -3.19. The Hall–Kier alpha value is -4.97. The van der Waals surface area contributed by atoms with Gasteiger partial charge in [0.05, 0.1) is 40.7 Å². The molecule has 6 rings (SSSR count). The maximum atomic E-state index is 14.6. The summed E-state index contributed by atoms with van der Waals surface area (Å²) >= 11 is 0. The molecular weight excluding hydrogens is 569 g/mol. The number of anilines is 1. The van der Waals surface area contributed by atoms with E-state index in [1.807, 2.05) is 25.1 Å². The first-order valence-corrected chi connectivity index (χ1v) is 15.8. The molecule has 0 aliphatic carbocycles. The van der Waals surface area contributed by atoms with Gasteiger partial charge < -0.3 is 10.3 Å². The minimum atomic E-state index is -3.19. The predicted octanol–water partition coefficient (Wildman–Crippen LogP) is 5.70. The minimum absolute atomic E-state index is 0.0661. The highest BCUT2D eigenvalue weighted by molar-refractivity contribution is 7.90. The molecule has 0 atom stereocenters. The van der Waals surface area contributed by atoms with Crippen molar-refractivity contribution in [2.24, 2.45) is 0 Å². The largest absolute Gasteiger partial charge is 0.352 e. The molecule has 12 heteroatoms. The van der Waals surface area contributed by atoms with E-state index in [1.54, 1.807) is 37.1 Å². The van der Waals surface area contributed by atoms with Crippen molar-refractivity contribution in [3.63, 3.8) is 0 Å². The van der Waals surface area contributed by atoms with Crippen molar-refractivity contribution in [2.45, 2.75) is 26.2 Å². The third-order valence-corrected chi connectivity index (χ3v) is 8.03. The molecule has 0 aliphatic rings. The molecule has 10 nitrogen and oxygen atoms in total. The van der Waals surface area contributed by atoms with Crippen molar-refractivity contribution < 1.29 is 17.6 Å². The van der Waals surface area contributed by atoms with E-state index in [2.05, 4.69) is 35.5 Å². The van der Waals surface area contributed by atoms with Crippen LogP contribution in [0.5, 0.6) is 0 Å². The van der Waals surface area contributed by atoms with Crippen LogP contribution < -0.4 is 5.32 Å². The van der Waals surface area contributed by atoms with Gasteiger partial charge in [0.2, 0.25) is 5.91 Å². The van der Waals surface area contributed by atoms with Gasteiger partial charge in [0.15, 0.2) is 5.65 Å². The molecule has 0 saturated heterocycles. The van der Waals surface area contributed by atoms with E-state index >= 15 is 0 Å². The normalized spacial score (nSPS) is 11.8. The summed E-state index contributed by atoms with van der Waals surface area (Å²) in [5.41, 5.74) is 6.80. The lowest BCUT2D eigenvalue weighted by molar-refractivity contribution is -0.116. The summed E-state index contributed by atoms with van der Waals surface area (Å²) < 4.78 is 37.9. The Morgan fingerprint density at radius 3 is 2.56 bits per heavy atom. The molecule has 6 aromatic rings. The maximum Gasteiger partial charge on any atom is 0.224 e. The first-order chi connectivity index (χ1) is 20.7. The summed E-state index contributed by atoms with van der Waals surface area (Å²) in [6.07, 6.45) is 10.9. The Bertz CT molecular complexity index is 2100. The number of halogens is 1. The van der Waals surface area contributed by atoms with Gasteiger partial charge in [-0.25, -0.2) is 17.8 Å². The molecule has 43 heavy (non-hydrogen) atoms. The van der Waals surface area contributed by atoms with Gasteiger partial charge in [-0.2, -0.15) is 5.10 Å². The third kappa shape index (κ3) is 6.14. The van der Waals surface area contributed by atoms with Gasteiger partial charge in [0.25, 0.3) is 0 Å². The molecule has 0 radical (unpaired) electrons. The van der Waals surface area contributed by atoms with Crippen LogP contribution in [0.25, 0.3) is 55.6 Å². The van der Waals surface area contributed by atoms with E-state index in [0.29, 0.717) is 40.1 Å². The fourth-order valence-electron chi connectivity index (χ4n) is 5.05. The molecule has 3 N–H and O–H groups in total. The number of aromatic amines is 2. The molecule has 0 fully saturated rings. The zero-order valence-corrected chi connectivity index (χ0v) is 24.3. The van der Waals surface area contributed by atoms with Crippen LogP contribution in [0.3, 0.4) is 0 Å². The lowest BCUT2D eigenvalue weighted by atomic mass is 10.0. The number of carbonyl (C=O) groups excluding carboxylic acids is 1. The van der Waals surface area contributed by atoms with Gasteiger partial charge in [-0.3, -0.25) is 19.9 Å². The quantitative estimate of drug-likeness (QED) is 0.194.